The van der Waals surface area contributed by atoms with Crippen molar-refractivity contribution in [3.05, 3.63) is 30.0 Å². The zero-order chi connectivity index (χ0) is 10.7. The summed E-state index contributed by atoms with van der Waals surface area (Å²) < 4.78 is 0. The molecule has 0 bridgehead atoms. The summed E-state index contributed by atoms with van der Waals surface area (Å²) in [7, 11) is 0. The number of aryl methyl sites for hydroxylation is 1. The number of aromatic nitrogens is 1. The van der Waals surface area contributed by atoms with Gasteiger partial charge in [0.1, 0.15) is 5.82 Å². The molecule has 1 fully saturated rings. The van der Waals surface area contributed by atoms with Crippen molar-refractivity contribution in [2.75, 3.05) is 31.1 Å². The number of hydrogen-bond donors (Lipinski definition) is 1. The topological polar surface area (TPSA) is 28.2 Å². The highest BCUT2D eigenvalue weighted by Crippen LogP contribution is 2.16. The average Bonchev–Trinajstić information content (AvgIpc) is 2.30. The molecule has 0 spiro atoms. The lowest BCUT2D eigenvalue weighted by Crippen LogP contribution is -2.43. The van der Waals surface area contributed by atoms with Gasteiger partial charge in [0.25, 0.3) is 0 Å². The van der Waals surface area contributed by atoms with Crippen molar-refractivity contribution < 1.29 is 0 Å². The molecule has 2 rings (SSSR count). The highest BCUT2D eigenvalue weighted by Gasteiger charge is 2.11. The minimum absolute atomic E-state index is 1.04. The molecule has 1 N–H and O–H groups in total. The predicted molar refractivity (Wildman–Crippen MR) is 64.1 cm³/mol. The van der Waals surface area contributed by atoms with Crippen molar-refractivity contribution in [3.63, 3.8) is 0 Å². The van der Waals surface area contributed by atoms with Crippen LogP contribution in [0.15, 0.2) is 18.8 Å². The Hall–Kier alpha value is -1.35. The quantitative estimate of drug-likeness (QED) is 0.788. The van der Waals surface area contributed by atoms with Gasteiger partial charge in [-0.15, -0.1) is 0 Å². The summed E-state index contributed by atoms with van der Waals surface area (Å²) in [6, 6.07) is 2.14. The van der Waals surface area contributed by atoms with Crippen molar-refractivity contribution in [1.82, 2.24) is 10.3 Å². The van der Waals surface area contributed by atoms with E-state index in [1.807, 2.05) is 12.3 Å². The molecule has 3 nitrogen and oxygen atoms in total. The summed E-state index contributed by atoms with van der Waals surface area (Å²) in [5.41, 5.74) is 2.36. The third-order valence-corrected chi connectivity index (χ3v) is 2.80. The number of piperazine rings is 1. The van der Waals surface area contributed by atoms with Crippen LogP contribution in [-0.2, 0) is 0 Å². The van der Waals surface area contributed by atoms with Gasteiger partial charge >= 0.3 is 0 Å². The van der Waals surface area contributed by atoms with Crippen LogP contribution >= 0.6 is 0 Å². The summed E-state index contributed by atoms with van der Waals surface area (Å²) in [6.07, 6.45) is 3.75. The Morgan fingerprint density at radius 3 is 2.80 bits per heavy atom. The van der Waals surface area contributed by atoms with Gasteiger partial charge in [0.05, 0.1) is 0 Å². The third-order valence-electron chi connectivity index (χ3n) is 2.80. The van der Waals surface area contributed by atoms with Crippen molar-refractivity contribution in [3.8, 4) is 0 Å². The largest absolute Gasteiger partial charge is 0.354 e. The average molecular weight is 203 g/mol. The van der Waals surface area contributed by atoms with Gasteiger partial charge in [-0.2, -0.15) is 0 Å². The number of rotatable bonds is 2. The normalized spacial score (nSPS) is 16.5. The first-order valence-electron chi connectivity index (χ1n) is 5.36. The highest BCUT2D eigenvalue weighted by molar-refractivity contribution is 5.54. The number of hydrogen-bond acceptors (Lipinski definition) is 3. The number of anilines is 1. The first kappa shape index (κ1) is 10.2. The monoisotopic (exact) mass is 203 g/mol. The van der Waals surface area contributed by atoms with Crippen molar-refractivity contribution >= 4 is 11.9 Å². The van der Waals surface area contributed by atoms with Gasteiger partial charge in [0, 0.05) is 32.4 Å². The molecule has 0 saturated carbocycles. The van der Waals surface area contributed by atoms with Crippen LogP contribution in [0.5, 0.6) is 0 Å². The molecule has 2 heterocycles. The van der Waals surface area contributed by atoms with E-state index in [4.69, 9.17) is 0 Å². The zero-order valence-corrected chi connectivity index (χ0v) is 9.16. The van der Waals surface area contributed by atoms with E-state index in [0.717, 1.165) is 37.6 Å². The lowest BCUT2D eigenvalue weighted by molar-refractivity contribution is 0.585. The Morgan fingerprint density at radius 2 is 2.20 bits per heavy atom. The van der Waals surface area contributed by atoms with E-state index in [-0.39, 0.29) is 0 Å². The van der Waals surface area contributed by atoms with E-state index in [0.29, 0.717) is 0 Å². The van der Waals surface area contributed by atoms with Crippen LogP contribution in [0.2, 0.25) is 0 Å². The number of pyridine rings is 1. The van der Waals surface area contributed by atoms with Gasteiger partial charge < -0.3 is 10.2 Å². The molecular formula is C12H17N3. The molecule has 1 aliphatic heterocycles. The molecule has 0 radical (unpaired) electrons. The second-order valence-electron chi connectivity index (χ2n) is 3.84. The maximum Gasteiger partial charge on any atom is 0.128 e. The first-order chi connectivity index (χ1) is 7.31. The summed E-state index contributed by atoms with van der Waals surface area (Å²) in [4.78, 5) is 6.78. The van der Waals surface area contributed by atoms with Crippen LogP contribution in [-0.4, -0.2) is 31.2 Å². The van der Waals surface area contributed by atoms with Crippen LogP contribution in [0.25, 0.3) is 6.08 Å². The smallest absolute Gasteiger partial charge is 0.128 e. The Kier molecular flexibility index (Phi) is 3.02. The molecule has 0 amide bonds. The van der Waals surface area contributed by atoms with Crippen molar-refractivity contribution in [2.24, 2.45) is 0 Å². The lowest BCUT2D eigenvalue weighted by atomic mass is 10.1. The van der Waals surface area contributed by atoms with Crippen molar-refractivity contribution in [2.45, 2.75) is 6.92 Å². The van der Waals surface area contributed by atoms with Crippen LogP contribution in [0.3, 0.4) is 0 Å². The van der Waals surface area contributed by atoms with E-state index in [1.165, 1.54) is 5.56 Å². The molecule has 80 valence electrons. The molecule has 15 heavy (non-hydrogen) atoms. The highest BCUT2D eigenvalue weighted by atomic mass is 15.2. The van der Waals surface area contributed by atoms with Gasteiger partial charge in [-0.1, -0.05) is 12.7 Å². The Balaban J connectivity index is 2.21. The van der Waals surface area contributed by atoms with Crippen LogP contribution < -0.4 is 10.2 Å². The Bertz CT molecular complexity index is 354. The number of nitrogens with one attached hydrogen (secondary N) is 1. The minimum atomic E-state index is 1.04. The molecule has 0 aromatic carbocycles. The van der Waals surface area contributed by atoms with Gasteiger partial charge in [-0.25, -0.2) is 4.98 Å². The van der Waals surface area contributed by atoms with Gasteiger partial charge in [-0.05, 0) is 24.1 Å². The van der Waals surface area contributed by atoms with Gasteiger partial charge in [-0.3, -0.25) is 0 Å². The van der Waals surface area contributed by atoms with Crippen molar-refractivity contribution in [1.29, 1.82) is 0 Å². The second kappa shape index (κ2) is 4.45. The summed E-state index contributed by atoms with van der Waals surface area (Å²) in [6.45, 7) is 10.0. The van der Waals surface area contributed by atoms with Gasteiger partial charge in [0.2, 0.25) is 0 Å². The molecule has 1 aliphatic rings. The van der Waals surface area contributed by atoms with Crippen LogP contribution in [0.1, 0.15) is 11.1 Å². The predicted octanol–water partition coefficient (Wildman–Crippen LogP) is 1.44. The van der Waals surface area contributed by atoms with E-state index in [1.54, 1.807) is 0 Å². The first-order valence-corrected chi connectivity index (χ1v) is 5.36. The standard InChI is InChI=1S/C12H17N3/c1-3-11-9-14-12(8-10(11)2)15-6-4-13-5-7-15/h3,8-9,13H,1,4-7H2,2H3. The molecule has 3 heteroatoms. The fourth-order valence-electron chi connectivity index (χ4n) is 1.83. The van der Waals surface area contributed by atoms with Crippen LogP contribution in [0.4, 0.5) is 5.82 Å². The van der Waals surface area contributed by atoms with E-state index in [9.17, 15) is 0 Å². The molecule has 1 aromatic heterocycles. The Morgan fingerprint density at radius 1 is 1.47 bits per heavy atom. The Labute approximate surface area is 90.8 Å². The van der Waals surface area contributed by atoms with Gasteiger partial charge in [0.15, 0.2) is 0 Å². The lowest BCUT2D eigenvalue weighted by Gasteiger charge is -2.28. The maximum atomic E-state index is 4.46. The molecule has 1 aromatic rings. The molecule has 0 unspecified atom stereocenters. The summed E-state index contributed by atoms with van der Waals surface area (Å²) >= 11 is 0. The zero-order valence-electron chi connectivity index (χ0n) is 9.16. The summed E-state index contributed by atoms with van der Waals surface area (Å²) in [5.74, 6) is 1.08. The van der Waals surface area contributed by atoms with Crippen LogP contribution in [0, 0.1) is 6.92 Å². The van der Waals surface area contributed by atoms with E-state index < -0.39 is 0 Å². The SMILES string of the molecule is C=Cc1cnc(N2CCNCC2)cc1C. The van der Waals surface area contributed by atoms with E-state index >= 15 is 0 Å². The minimum Gasteiger partial charge on any atom is -0.354 e. The summed E-state index contributed by atoms with van der Waals surface area (Å²) in [5, 5.41) is 3.34. The second-order valence-corrected chi connectivity index (χ2v) is 3.84. The maximum absolute atomic E-state index is 4.46. The molecule has 0 aliphatic carbocycles. The molecule has 0 atom stereocenters. The molecular weight excluding hydrogens is 186 g/mol. The van der Waals surface area contributed by atoms with E-state index in [2.05, 4.69) is 34.8 Å². The number of nitrogens with zero attached hydrogens (tertiary/aromatic N) is 2. The third kappa shape index (κ3) is 2.18. The fraction of sp³-hybridized carbons (Fsp3) is 0.417. The fourth-order valence-corrected chi connectivity index (χ4v) is 1.83. The molecule has 1 saturated heterocycles.